The third-order valence-corrected chi connectivity index (χ3v) is 2.70. The van der Waals surface area contributed by atoms with Crippen LogP contribution < -0.4 is 5.73 Å². The molecule has 1 rings (SSSR count). The minimum absolute atomic E-state index is 0.325. The van der Waals surface area contributed by atoms with Crippen LogP contribution in [0.1, 0.15) is 33.1 Å². The molecule has 1 aliphatic rings. The molecule has 0 aliphatic heterocycles. The summed E-state index contributed by atoms with van der Waals surface area (Å²) in [5, 5.41) is 11.4. The molecule has 1 fully saturated rings. The molecule has 0 bridgehead atoms. The Kier molecular flexibility index (Phi) is 4.20. The van der Waals surface area contributed by atoms with Crippen LogP contribution in [-0.2, 0) is 0 Å². The Balaban J connectivity index is 2.26. The topological polar surface area (TPSA) is 61.8 Å². The molecule has 1 aliphatic carbocycles. The maximum Gasteiger partial charge on any atom is 0.140 e. The number of hydrogen-bond donors (Lipinski definition) is 2. The van der Waals surface area contributed by atoms with E-state index in [2.05, 4.69) is 23.9 Å². The van der Waals surface area contributed by atoms with E-state index in [0.29, 0.717) is 18.3 Å². The largest absolute Gasteiger partial charge is 0.409 e. The number of nitrogens with two attached hydrogens (primary N) is 1. The zero-order valence-electron chi connectivity index (χ0n) is 9.11. The van der Waals surface area contributed by atoms with Gasteiger partial charge in [-0.15, -0.1) is 0 Å². The van der Waals surface area contributed by atoms with Crippen LogP contribution in [0.4, 0.5) is 0 Å². The number of nitrogens with zero attached hydrogens (tertiary/aromatic N) is 2. The molecule has 3 N–H and O–H groups in total. The molecule has 14 heavy (non-hydrogen) atoms. The van der Waals surface area contributed by atoms with Gasteiger partial charge in [0, 0.05) is 25.6 Å². The summed E-state index contributed by atoms with van der Waals surface area (Å²) in [6.45, 7) is 6.43. The highest BCUT2D eigenvalue weighted by molar-refractivity contribution is 5.79. The van der Waals surface area contributed by atoms with Gasteiger partial charge in [0.05, 0.1) is 0 Å². The third-order valence-electron chi connectivity index (χ3n) is 2.70. The summed E-state index contributed by atoms with van der Waals surface area (Å²) >= 11 is 0. The smallest absolute Gasteiger partial charge is 0.140 e. The SMILES string of the molecule is CC(C)N(CCC(N)=NO)CC1CC1. The molecule has 82 valence electrons. The van der Waals surface area contributed by atoms with Crippen LogP contribution in [0.5, 0.6) is 0 Å². The molecule has 1 saturated carbocycles. The highest BCUT2D eigenvalue weighted by Gasteiger charge is 2.25. The second kappa shape index (κ2) is 5.20. The maximum atomic E-state index is 8.42. The highest BCUT2D eigenvalue weighted by atomic mass is 16.4. The van der Waals surface area contributed by atoms with E-state index in [0.717, 1.165) is 19.0 Å². The zero-order chi connectivity index (χ0) is 10.6. The van der Waals surface area contributed by atoms with Crippen LogP contribution in [0.25, 0.3) is 0 Å². The first-order chi connectivity index (χ1) is 6.63. The van der Waals surface area contributed by atoms with Gasteiger partial charge in [0.1, 0.15) is 5.84 Å². The first-order valence-corrected chi connectivity index (χ1v) is 5.34. The number of hydrogen-bond acceptors (Lipinski definition) is 3. The van der Waals surface area contributed by atoms with Crippen LogP contribution in [0.2, 0.25) is 0 Å². The molecule has 0 aromatic rings. The maximum absolute atomic E-state index is 8.42. The molecular weight excluding hydrogens is 178 g/mol. The quantitative estimate of drug-likeness (QED) is 0.293. The second-order valence-electron chi connectivity index (χ2n) is 4.37. The van der Waals surface area contributed by atoms with Gasteiger partial charge < -0.3 is 15.8 Å². The van der Waals surface area contributed by atoms with Crippen molar-refractivity contribution >= 4 is 5.84 Å². The van der Waals surface area contributed by atoms with Gasteiger partial charge in [-0.3, -0.25) is 0 Å². The van der Waals surface area contributed by atoms with Gasteiger partial charge in [-0.1, -0.05) is 5.16 Å². The van der Waals surface area contributed by atoms with Crippen molar-refractivity contribution in [1.29, 1.82) is 0 Å². The Morgan fingerprint density at radius 1 is 1.57 bits per heavy atom. The van der Waals surface area contributed by atoms with Crippen LogP contribution >= 0.6 is 0 Å². The summed E-state index contributed by atoms with van der Waals surface area (Å²) in [6, 6.07) is 0.544. The van der Waals surface area contributed by atoms with E-state index < -0.39 is 0 Å². The first kappa shape index (κ1) is 11.3. The fourth-order valence-corrected chi connectivity index (χ4v) is 1.50. The minimum atomic E-state index is 0.325. The molecule has 0 aromatic heterocycles. The van der Waals surface area contributed by atoms with Crippen molar-refractivity contribution in [2.24, 2.45) is 16.8 Å². The zero-order valence-corrected chi connectivity index (χ0v) is 9.11. The average molecular weight is 199 g/mol. The molecule has 0 aromatic carbocycles. The summed E-state index contributed by atoms with van der Waals surface area (Å²) in [5.74, 6) is 1.22. The Morgan fingerprint density at radius 3 is 2.64 bits per heavy atom. The van der Waals surface area contributed by atoms with E-state index in [1.54, 1.807) is 0 Å². The first-order valence-electron chi connectivity index (χ1n) is 5.34. The number of amidine groups is 1. The molecule has 0 unspecified atom stereocenters. The average Bonchev–Trinajstić information content (AvgIpc) is 2.94. The number of rotatable bonds is 6. The Hall–Kier alpha value is -0.770. The fraction of sp³-hybridized carbons (Fsp3) is 0.900. The Labute approximate surface area is 85.8 Å². The molecule has 0 spiro atoms. The van der Waals surface area contributed by atoms with Gasteiger partial charge >= 0.3 is 0 Å². The minimum Gasteiger partial charge on any atom is -0.409 e. The van der Waals surface area contributed by atoms with Crippen molar-refractivity contribution in [3.63, 3.8) is 0 Å². The van der Waals surface area contributed by atoms with Gasteiger partial charge in [0.15, 0.2) is 0 Å². The van der Waals surface area contributed by atoms with Gasteiger partial charge in [-0.2, -0.15) is 0 Å². The van der Waals surface area contributed by atoms with Crippen molar-refractivity contribution in [2.75, 3.05) is 13.1 Å². The predicted octanol–water partition coefficient (Wildman–Crippen LogP) is 1.24. The summed E-state index contributed by atoms with van der Waals surface area (Å²) in [5.41, 5.74) is 5.44. The molecule has 0 saturated heterocycles. The molecular formula is C10H21N3O. The van der Waals surface area contributed by atoms with Gasteiger partial charge in [0.2, 0.25) is 0 Å². The molecule has 4 nitrogen and oxygen atoms in total. The number of oxime groups is 1. The van der Waals surface area contributed by atoms with Crippen molar-refractivity contribution < 1.29 is 5.21 Å². The van der Waals surface area contributed by atoms with Gasteiger partial charge in [-0.05, 0) is 32.6 Å². The second-order valence-corrected chi connectivity index (χ2v) is 4.37. The van der Waals surface area contributed by atoms with Crippen LogP contribution in [0, 0.1) is 5.92 Å². The van der Waals surface area contributed by atoms with E-state index >= 15 is 0 Å². The molecule has 4 heteroatoms. The van der Waals surface area contributed by atoms with Crippen LogP contribution in [0.3, 0.4) is 0 Å². The standard InChI is InChI=1S/C10H21N3O/c1-8(2)13(7-9-3-4-9)6-5-10(11)12-14/h8-9,14H,3-7H2,1-2H3,(H2,11,12). The third kappa shape index (κ3) is 3.96. The molecule has 0 heterocycles. The summed E-state index contributed by atoms with van der Waals surface area (Å²) in [7, 11) is 0. The summed E-state index contributed by atoms with van der Waals surface area (Å²) in [4.78, 5) is 2.40. The van der Waals surface area contributed by atoms with Gasteiger partial charge in [-0.25, -0.2) is 0 Å². The highest BCUT2D eigenvalue weighted by Crippen LogP contribution is 2.30. The summed E-state index contributed by atoms with van der Waals surface area (Å²) in [6.07, 6.45) is 3.39. The van der Waals surface area contributed by atoms with Crippen LogP contribution in [0.15, 0.2) is 5.16 Å². The van der Waals surface area contributed by atoms with Crippen molar-refractivity contribution in [2.45, 2.75) is 39.2 Å². The Morgan fingerprint density at radius 2 is 2.21 bits per heavy atom. The monoisotopic (exact) mass is 199 g/mol. The lowest BCUT2D eigenvalue weighted by atomic mass is 10.2. The normalized spacial score (nSPS) is 18.1. The lowest BCUT2D eigenvalue weighted by Gasteiger charge is -2.26. The molecule has 0 radical (unpaired) electrons. The van der Waals surface area contributed by atoms with Crippen molar-refractivity contribution in [3.05, 3.63) is 0 Å². The lowest BCUT2D eigenvalue weighted by molar-refractivity contribution is 0.217. The molecule has 0 atom stereocenters. The van der Waals surface area contributed by atoms with E-state index in [4.69, 9.17) is 10.9 Å². The van der Waals surface area contributed by atoms with E-state index in [1.807, 2.05) is 0 Å². The van der Waals surface area contributed by atoms with E-state index in [9.17, 15) is 0 Å². The summed E-state index contributed by atoms with van der Waals surface area (Å²) < 4.78 is 0. The van der Waals surface area contributed by atoms with E-state index in [1.165, 1.54) is 12.8 Å². The van der Waals surface area contributed by atoms with Gasteiger partial charge in [0.25, 0.3) is 0 Å². The lowest BCUT2D eigenvalue weighted by Crippen LogP contribution is -2.35. The fourth-order valence-electron chi connectivity index (χ4n) is 1.50. The Bertz CT molecular complexity index is 200. The predicted molar refractivity (Wildman–Crippen MR) is 57.5 cm³/mol. The van der Waals surface area contributed by atoms with Crippen molar-refractivity contribution in [3.8, 4) is 0 Å². The van der Waals surface area contributed by atoms with Crippen molar-refractivity contribution in [1.82, 2.24) is 4.90 Å². The molecule has 0 amide bonds. The van der Waals surface area contributed by atoms with Crippen LogP contribution in [-0.4, -0.2) is 35.1 Å². The van der Waals surface area contributed by atoms with E-state index in [-0.39, 0.29) is 0 Å².